The van der Waals surface area contributed by atoms with Crippen molar-refractivity contribution in [2.75, 3.05) is 0 Å². The number of allylic oxidation sites excluding steroid dienone is 2. The zero-order valence-corrected chi connectivity index (χ0v) is 8.97. The maximum atomic E-state index is 11.4. The third-order valence-electron chi connectivity index (χ3n) is 2.90. The second kappa shape index (κ2) is 3.57. The average Bonchev–Trinajstić information content (AvgIpc) is 2.23. The Hall–Kier alpha value is -1.51. The van der Waals surface area contributed by atoms with Crippen molar-refractivity contribution in [3.8, 4) is 0 Å². The first-order valence-electron chi connectivity index (χ1n) is 5.08. The zero-order valence-electron chi connectivity index (χ0n) is 8.97. The van der Waals surface area contributed by atoms with Gasteiger partial charge in [-0.3, -0.25) is 4.79 Å². The molecule has 0 fully saturated rings. The molecule has 1 unspecified atom stereocenters. The van der Waals surface area contributed by atoms with Crippen LogP contribution in [-0.4, -0.2) is 15.8 Å². The van der Waals surface area contributed by atoms with Crippen LogP contribution < -0.4 is 0 Å². The number of carbonyl (C=O) groups is 1. The Morgan fingerprint density at radius 2 is 2.00 bits per heavy atom. The fraction of sp³-hybridized carbons (Fsp3) is 0.417. The number of carbonyl (C=O) groups excluding carboxylic acids is 1. The monoisotopic (exact) mass is 202 g/mol. The highest BCUT2D eigenvalue weighted by molar-refractivity contribution is 5.91. The van der Waals surface area contributed by atoms with E-state index in [1.165, 1.54) is 0 Å². The van der Waals surface area contributed by atoms with Crippen molar-refractivity contribution in [2.24, 2.45) is 5.41 Å². The number of nitrogens with zero attached hydrogens (tertiary/aromatic N) is 2. The van der Waals surface area contributed by atoms with Crippen LogP contribution in [0.2, 0.25) is 0 Å². The third kappa shape index (κ3) is 1.96. The quantitative estimate of drug-likeness (QED) is 0.700. The fourth-order valence-electron chi connectivity index (χ4n) is 1.87. The highest BCUT2D eigenvalue weighted by atomic mass is 16.1. The first-order valence-corrected chi connectivity index (χ1v) is 5.08. The van der Waals surface area contributed by atoms with Crippen molar-refractivity contribution in [3.63, 3.8) is 0 Å². The van der Waals surface area contributed by atoms with Crippen LogP contribution in [0.1, 0.15) is 32.0 Å². The van der Waals surface area contributed by atoms with E-state index in [2.05, 4.69) is 23.8 Å². The normalized spacial score (nSPS) is 24.1. The predicted octanol–water partition coefficient (Wildman–Crippen LogP) is 2.12. The third-order valence-corrected chi connectivity index (χ3v) is 2.90. The minimum Gasteiger partial charge on any atom is -0.295 e. The van der Waals surface area contributed by atoms with E-state index in [-0.39, 0.29) is 17.1 Å². The molecule has 0 spiro atoms. The van der Waals surface area contributed by atoms with Gasteiger partial charge in [-0.2, -0.15) is 0 Å². The minimum absolute atomic E-state index is 0.0464. The predicted molar refractivity (Wildman–Crippen MR) is 57.3 cm³/mol. The van der Waals surface area contributed by atoms with Gasteiger partial charge in [0.05, 0.1) is 0 Å². The molecule has 0 radical (unpaired) electrons. The summed E-state index contributed by atoms with van der Waals surface area (Å²) in [6.45, 7) is 4.22. The lowest BCUT2D eigenvalue weighted by Gasteiger charge is -2.32. The maximum Gasteiger partial charge on any atom is 0.156 e. The Bertz CT molecular complexity index is 395. The van der Waals surface area contributed by atoms with Crippen molar-refractivity contribution in [3.05, 3.63) is 36.4 Å². The lowest BCUT2D eigenvalue weighted by Crippen LogP contribution is -2.27. The van der Waals surface area contributed by atoms with Gasteiger partial charge in [0.1, 0.15) is 5.82 Å². The van der Waals surface area contributed by atoms with E-state index in [0.29, 0.717) is 6.42 Å². The second-order valence-corrected chi connectivity index (χ2v) is 4.48. The van der Waals surface area contributed by atoms with E-state index in [4.69, 9.17) is 0 Å². The summed E-state index contributed by atoms with van der Waals surface area (Å²) in [4.78, 5) is 19.9. The molecule has 0 aromatic carbocycles. The summed E-state index contributed by atoms with van der Waals surface area (Å²) in [5.41, 5.74) is -0.0464. The van der Waals surface area contributed by atoms with Gasteiger partial charge in [-0.25, -0.2) is 9.97 Å². The van der Waals surface area contributed by atoms with E-state index >= 15 is 0 Å². The Morgan fingerprint density at radius 3 is 2.67 bits per heavy atom. The Balaban J connectivity index is 2.37. The number of hydrogen-bond donors (Lipinski definition) is 0. The van der Waals surface area contributed by atoms with Crippen molar-refractivity contribution in [1.29, 1.82) is 0 Å². The van der Waals surface area contributed by atoms with Gasteiger partial charge >= 0.3 is 0 Å². The van der Waals surface area contributed by atoms with Crippen LogP contribution in [0.15, 0.2) is 30.6 Å². The maximum absolute atomic E-state index is 11.4. The van der Waals surface area contributed by atoms with Gasteiger partial charge in [0.25, 0.3) is 0 Å². The van der Waals surface area contributed by atoms with Crippen molar-refractivity contribution in [2.45, 2.75) is 26.2 Å². The molecule has 78 valence electrons. The van der Waals surface area contributed by atoms with Gasteiger partial charge in [0, 0.05) is 24.7 Å². The second-order valence-electron chi connectivity index (χ2n) is 4.48. The first kappa shape index (κ1) is 10.0. The Labute approximate surface area is 89.3 Å². The Morgan fingerprint density at radius 1 is 1.33 bits per heavy atom. The van der Waals surface area contributed by atoms with E-state index < -0.39 is 0 Å². The molecule has 3 nitrogen and oxygen atoms in total. The molecule has 1 atom stereocenters. The highest BCUT2D eigenvalue weighted by Gasteiger charge is 2.34. The first-order chi connectivity index (χ1) is 7.09. The van der Waals surface area contributed by atoms with E-state index in [1.807, 2.05) is 6.08 Å². The summed E-state index contributed by atoms with van der Waals surface area (Å²) < 4.78 is 0. The molecule has 0 aliphatic heterocycles. The summed E-state index contributed by atoms with van der Waals surface area (Å²) in [7, 11) is 0. The van der Waals surface area contributed by atoms with E-state index in [0.717, 1.165) is 5.82 Å². The molecule has 15 heavy (non-hydrogen) atoms. The van der Waals surface area contributed by atoms with Crippen molar-refractivity contribution in [1.82, 2.24) is 9.97 Å². The van der Waals surface area contributed by atoms with Crippen molar-refractivity contribution >= 4 is 5.78 Å². The molecule has 3 heteroatoms. The molecule has 1 heterocycles. The highest BCUT2D eigenvalue weighted by Crippen LogP contribution is 2.40. The van der Waals surface area contributed by atoms with Gasteiger partial charge in [-0.15, -0.1) is 0 Å². The van der Waals surface area contributed by atoms with Gasteiger partial charge in [-0.05, 0) is 17.6 Å². The topological polar surface area (TPSA) is 42.9 Å². The van der Waals surface area contributed by atoms with Crippen LogP contribution in [0, 0.1) is 5.41 Å². The SMILES string of the molecule is CC1(C)C=CC(=O)CC1c1ncccn1. The van der Waals surface area contributed by atoms with Gasteiger partial charge in [-0.1, -0.05) is 19.9 Å². The summed E-state index contributed by atoms with van der Waals surface area (Å²) in [6, 6.07) is 1.79. The van der Waals surface area contributed by atoms with E-state index in [9.17, 15) is 4.79 Å². The average molecular weight is 202 g/mol. The van der Waals surface area contributed by atoms with Crippen LogP contribution in [-0.2, 0) is 4.79 Å². The number of ketones is 1. The van der Waals surface area contributed by atoms with Gasteiger partial charge in [0.15, 0.2) is 5.78 Å². The van der Waals surface area contributed by atoms with Crippen LogP contribution in [0.5, 0.6) is 0 Å². The lowest BCUT2D eigenvalue weighted by molar-refractivity contribution is -0.116. The molecule has 1 aromatic rings. The molecule has 1 aliphatic carbocycles. The van der Waals surface area contributed by atoms with Crippen molar-refractivity contribution < 1.29 is 4.79 Å². The van der Waals surface area contributed by atoms with Crippen LogP contribution in [0.25, 0.3) is 0 Å². The molecule has 0 saturated carbocycles. The number of hydrogen-bond acceptors (Lipinski definition) is 3. The minimum atomic E-state index is -0.0464. The molecule has 0 bridgehead atoms. The number of aromatic nitrogens is 2. The molecule has 0 saturated heterocycles. The van der Waals surface area contributed by atoms with Crippen LogP contribution >= 0.6 is 0 Å². The molecule has 1 aromatic heterocycles. The van der Waals surface area contributed by atoms with Gasteiger partial charge in [0.2, 0.25) is 0 Å². The molecule has 1 aliphatic rings. The molecular weight excluding hydrogens is 188 g/mol. The standard InChI is InChI=1S/C12H14N2O/c1-12(2)5-4-9(15)8-10(12)11-13-6-3-7-14-11/h3-7,10H,8H2,1-2H3. The molecule has 0 amide bonds. The lowest BCUT2D eigenvalue weighted by atomic mass is 9.72. The Kier molecular flexibility index (Phi) is 2.39. The number of rotatable bonds is 1. The van der Waals surface area contributed by atoms with E-state index in [1.54, 1.807) is 24.5 Å². The summed E-state index contributed by atoms with van der Waals surface area (Å²) in [5, 5.41) is 0. The molecule has 2 rings (SSSR count). The fourth-order valence-corrected chi connectivity index (χ4v) is 1.87. The molecular formula is C12H14N2O. The van der Waals surface area contributed by atoms with Crippen LogP contribution in [0.4, 0.5) is 0 Å². The zero-order chi connectivity index (χ0) is 10.9. The smallest absolute Gasteiger partial charge is 0.156 e. The summed E-state index contributed by atoms with van der Waals surface area (Å²) >= 11 is 0. The summed E-state index contributed by atoms with van der Waals surface area (Å²) in [6.07, 6.45) is 7.58. The summed E-state index contributed by atoms with van der Waals surface area (Å²) in [5.74, 6) is 1.02. The largest absolute Gasteiger partial charge is 0.295 e. The van der Waals surface area contributed by atoms with Crippen LogP contribution in [0.3, 0.4) is 0 Å². The molecule has 0 N–H and O–H groups in total. The van der Waals surface area contributed by atoms with Gasteiger partial charge < -0.3 is 0 Å².